The molecular weight excluding hydrogens is 164 g/mol. The second-order valence-corrected chi connectivity index (χ2v) is 3.27. The Kier molecular flexibility index (Phi) is 1.77. The van der Waals surface area contributed by atoms with Gasteiger partial charge in [0.05, 0.1) is 5.69 Å². The molecule has 4 heteroatoms. The number of hydrogen-bond acceptors (Lipinski definition) is 3. The average Bonchev–Trinajstić information content (AvgIpc) is 2.42. The van der Waals surface area contributed by atoms with Gasteiger partial charge in [0, 0.05) is 30.2 Å². The van der Waals surface area contributed by atoms with Crippen LogP contribution in [0.25, 0.3) is 5.78 Å². The predicted molar refractivity (Wildman–Crippen MR) is 50.3 cm³/mol. The minimum Gasteiger partial charge on any atom is -0.324 e. The highest BCUT2D eigenvalue weighted by Gasteiger charge is 2.03. The monoisotopic (exact) mass is 176 g/mol. The lowest BCUT2D eigenvalue weighted by Crippen LogP contribution is -2.06. The van der Waals surface area contributed by atoms with Crippen LogP contribution in [0.4, 0.5) is 0 Å². The Labute approximate surface area is 76.4 Å². The van der Waals surface area contributed by atoms with Crippen molar-refractivity contribution >= 4 is 5.78 Å². The van der Waals surface area contributed by atoms with Crippen LogP contribution in [0.1, 0.15) is 24.2 Å². The second-order valence-electron chi connectivity index (χ2n) is 3.27. The number of nitrogens with zero attached hydrogens (tertiary/aromatic N) is 3. The molecule has 0 radical (unpaired) electrons. The summed E-state index contributed by atoms with van der Waals surface area (Å²) in [6, 6.07) is 0.0135. The Morgan fingerprint density at radius 2 is 2.23 bits per heavy atom. The molecule has 0 aromatic carbocycles. The fourth-order valence-electron chi connectivity index (χ4n) is 1.26. The summed E-state index contributed by atoms with van der Waals surface area (Å²) in [4.78, 5) is 8.42. The van der Waals surface area contributed by atoms with E-state index < -0.39 is 0 Å². The maximum absolute atomic E-state index is 5.74. The molecule has 0 fully saturated rings. The van der Waals surface area contributed by atoms with Gasteiger partial charge in [-0.05, 0) is 13.8 Å². The van der Waals surface area contributed by atoms with Gasteiger partial charge >= 0.3 is 0 Å². The molecule has 68 valence electrons. The third-order valence-corrected chi connectivity index (χ3v) is 1.98. The lowest BCUT2D eigenvalue weighted by Gasteiger charge is -2.03. The van der Waals surface area contributed by atoms with Crippen LogP contribution >= 0.6 is 0 Å². The average molecular weight is 176 g/mol. The lowest BCUT2D eigenvalue weighted by molar-refractivity contribution is 0.799. The normalized spacial score (nSPS) is 13.5. The Hall–Kier alpha value is -1.42. The van der Waals surface area contributed by atoms with Crippen molar-refractivity contribution in [2.45, 2.75) is 19.9 Å². The van der Waals surface area contributed by atoms with E-state index in [1.165, 1.54) is 0 Å². The van der Waals surface area contributed by atoms with Crippen molar-refractivity contribution in [1.82, 2.24) is 14.4 Å². The van der Waals surface area contributed by atoms with Crippen molar-refractivity contribution in [3.8, 4) is 0 Å². The molecule has 2 aromatic heterocycles. The number of aromatic nitrogens is 3. The third-order valence-electron chi connectivity index (χ3n) is 1.98. The molecular formula is C9H12N4. The topological polar surface area (TPSA) is 56.2 Å². The van der Waals surface area contributed by atoms with Crippen molar-refractivity contribution in [3.05, 3.63) is 29.8 Å². The van der Waals surface area contributed by atoms with Crippen molar-refractivity contribution < 1.29 is 0 Å². The third kappa shape index (κ3) is 1.40. The Balaban J connectivity index is 2.61. The molecule has 1 unspecified atom stereocenters. The van der Waals surface area contributed by atoms with E-state index in [4.69, 9.17) is 5.73 Å². The van der Waals surface area contributed by atoms with E-state index in [-0.39, 0.29) is 6.04 Å². The van der Waals surface area contributed by atoms with Gasteiger partial charge in [0.2, 0.25) is 5.78 Å². The maximum atomic E-state index is 5.74. The van der Waals surface area contributed by atoms with Crippen LogP contribution in [0.5, 0.6) is 0 Å². The summed E-state index contributed by atoms with van der Waals surface area (Å²) in [5.41, 5.74) is 7.72. The SMILES string of the molecule is Cc1cn2cc(C(C)N)cnc2n1. The standard InChI is InChI=1S/C9H12N4/c1-6-4-13-5-8(7(2)10)3-11-9(13)12-6/h3-5,7H,10H2,1-2H3. The van der Waals surface area contributed by atoms with Crippen molar-refractivity contribution in [3.63, 3.8) is 0 Å². The minimum absolute atomic E-state index is 0.0135. The van der Waals surface area contributed by atoms with Gasteiger partial charge in [-0.25, -0.2) is 9.97 Å². The van der Waals surface area contributed by atoms with Gasteiger partial charge in [-0.15, -0.1) is 0 Å². The molecule has 0 amide bonds. The molecule has 2 heterocycles. The summed E-state index contributed by atoms with van der Waals surface area (Å²) in [7, 11) is 0. The van der Waals surface area contributed by atoms with Gasteiger partial charge < -0.3 is 5.73 Å². The summed E-state index contributed by atoms with van der Waals surface area (Å²) >= 11 is 0. The summed E-state index contributed by atoms with van der Waals surface area (Å²) < 4.78 is 1.90. The van der Waals surface area contributed by atoms with Crippen LogP contribution in [0.3, 0.4) is 0 Å². The zero-order valence-electron chi connectivity index (χ0n) is 7.73. The van der Waals surface area contributed by atoms with Gasteiger partial charge in [0.15, 0.2) is 0 Å². The second kappa shape index (κ2) is 2.81. The van der Waals surface area contributed by atoms with Gasteiger partial charge in [-0.1, -0.05) is 0 Å². The van der Waals surface area contributed by atoms with Crippen LogP contribution in [0, 0.1) is 6.92 Å². The molecule has 0 aliphatic carbocycles. The van der Waals surface area contributed by atoms with Crippen LogP contribution in [0.15, 0.2) is 18.6 Å². The highest BCUT2D eigenvalue weighted by Crippen LogP contribution is 2.09. The van der Waals surface area contributed by atoms with Gasteiger partial charge in [0.1, 0.15) is 0 Å². The zero-order valence-corrected chi connectivity index (χ0v) is 7.73. The van der Waals surface area contributed by atoms with Crippen molar-refractivity contribution in [1.29, 1.82) is 0 Å². The molecule has 0 saturated heterocycles. The number of nitrogens with two attached hydrogens (primary N) is 1. The fourth-order valence-corrected chi connectivity index (χ4v) is 1.26. The highest BCUT2D eigenvalue weighted by molar-refractivity contribution is 5.31. The van der Waals surface area contributed by atoms with Crippen molar-refractivity contribution in [2.75, 3.05) is 0 Å². The van der Waals surface area contributed by atoms with Crippen LogP contribution in [-0.2, 0) is 0 Å². The van der Waals surface area contributed by atoms with E-state index in [0.717, 1.165) is 17.0 Å². The largest absolute Gasteiger partial charge is 0.324 e. The number of aryl methyl sites for hydroxylation is 1. The van der Waals surface area contributed by atoms with E-state index in [0.29, 0.717) is 0 Å². The first-order valence-corrected chi connectivity index (χ1v) is 4.23. The first kappa shape index (κ1) is 8.19. The van der Waals surface area contributed by atoms with E-state index in [2.05, 4.69) is 9.97 Å². The molecule has 1 atom stereocenters. The first-order chi connectivity index (χ1) is 6.16. The first-order valence-electron chi connectivity index (χ1n) is 4.23. The minimum atomic E-state index is 0.0135. The Bertz CT molecular complexity index is 430. The zero-order chi connectivity index (χ0) is 9.42. The molecule has 2 N–H and O–H groups in total. The van der Waals surface area contributed by atoms with E-state index >= 15 is 0 Å². The Morgan fingerprint density at radius 3 is 2.92 bits per heavy atom. The molecule has 0 saturated carbocycles. The fraction of sp³-hybridized carbons (Fsp3) is 0.333. The van der Waals surface area contributed by atoms with Gasteiger partial charge in [0.25, 0.3) is 0 Å². The molecule has 0 bridgehead atoms. The molecule has 0 aliphatic heterocycles. The number of imidazole rings is 1. The van der Waals surface area contributed by atoms with Gasteiger partial charge in [-0.3, -0.25) is 4.40 Å². The predicted octanol–water partition coefficient (Wildman–Crippen LogP) is 1.06. The lowest BCUT2D eigenvalue weighted by atomic mass is 10.2. The summed E-state index contributed by atoms with van der Waals surface area (Å²) in [6.45, 7) is 3.88. The smallest absolute Gasteiger partial charge is 0.233 e. The van der Waals surface area contributed by atoms with Crippen LogP contribution < -0.4 is 5.73 Å². The summed E-state index contributed by atoms with van der Waals surface area (Å²) in [6.07, 6.45) is 5.67. The van der Waals surface area contributed by atoms with Gasteiger partial charge in [-0.2, -0.15) is 0 Å². The van der Waals surface area contributed by atoms with E-state index in [1.54, 1.807) is 6.20 Å². The van der Waals surface area contributed by atoms with Crippen LogP contribution in [-0.4, -0.2) is 14.4 Å². The summed E-state index contributed by atoms with van der Waals surface area (Å²) in [5.74, 6) is 0.724. The molecule has 13 heavy (non-hydrogen) atoms. The molecule has 2 rings (SSSR count). The summed E-state index contributed by atoms with van der Waals surface area (Å²) in [5, 5.41) is 0. The van der Waals surface area contributed by atoms with Crippen molar-refractivity contribution in [2.24, 2.45) is 5.73 Å². The number of hydrogen-bond donors (Lipinski definition) is 1. The van der Waals surface area contributed by atoms with E-state index in [1.807, 2.05) is 30.6 Å². The molecule has 4 nitrogen and oxygen atoms in total. The number of fused-ring (bicyclic) bond motifs is 1. The molecule has 0 spiro atoms. The number of rotatable bonds is 1. The Morgan fingerprint density at radius 1 is 1.46 bits per heavy atom. The molecule has 0 aliphatic rings. The van der Waals surface area contributed by atoms with E-state index in [9.17, 15) is 0 Å². The molecule has 2 aromatic rings. The highest BCUT2D eigenvalue weighted by atomic mass is 15.1. The maximum Gasteiger partial charge on any atom is 0.233 e. The quantitative estimate of drug-likeness (QED) is 0.706. The van der Waals surface area contributed by atoms with Crippen LogP contribution in [0.2, 0.25) is 0 Å².